The number of carbonyl (C=O) groups is 2. The van der Waals surface area contributed by atoms with Crippen LogP contribution in [0.3, 0.4) is 0 Å². The van der Waals surface area contributed by atoms with Gasteiger partial charge in [0.1, 0.15) is 0 Å². The zero-order valence-corrected chi connectivity index (χ0v) is 11.0. The highest BCUT2D eigenvalue weighted by atomic mass is 16.2. The van der Waals surface area contributed by atoms with E-state index in [1.165, 1.54) is 0 Å². The molecule has 0 aromatic heterocycles. The summed E-state index contributed by atoms with van der Waals surface area (Å²) in [5, 5.41) is 2.54. The zero-order chi connectivity index (χ0) is 13.1. The Kier molecular flexibility index (Phi) is 9.43. The SMILES string of the molecule is CNC(=O)CCN(C)C(=O)CCCCCCN. The third-order valence-corrected chi connectivity index (χ3v) is 2.72. The van der Waals surface area contributed by atoms with Crippen LogP contribution in [0.5, 0.6) is 0 Å². The van der Waals surface area contributed by atoms with Crippen molar-refractivity contribution in [2.45, 2.75) is 38.5 Å². The fraction of sp³-hybridized carbons (Fsp3) is 0.833. The third kappa shape index (κ3) is 8.68. The van der Waals surface area contributed by atoms with Crippen LogP contribution in [0.2, 0.25) is 0 Å². The Labute approximate surface area is 104 Å². The summed E-state index contributed by atoms with van der Waals surface area (Å²) in [6, 6.07) is 0. The van der Waals surface area contributed by atoms with Crippen molar-refractivity contribution in [3.63, 3.8) is 0 Å². The van der Waals surface area contributed by atoms with E-state index in [2.05, 4.69) is 5.32 Å². The maximum atomic E-state index is 11.6. The van der Waals surface area contributed by atoms with E-state index in [1.54, 1.807) is 19.0 Å². The molecule has 0 aromatic rings. The van der Waals surface area contributed by atoms with Crippen molar-refractivity contribution < 1.29 is 9.59 Å². The molecule has 5 heteroatoms. The maximum Gasteiger partial charge on any atom is 0.222 e. The molecule has 0 unspecified atom stereocenters. The van der Waals surface area contributed by atoms with Crippen molar-refractivity contribution in [2.24, 2.45) is 5.73 Å². The second-order valence-electron chi connectivity index (χ2n) is 4.19. The first kappa shape index (κ1) is 15.9. The Bertz CT molecular complexity index is 232. The van der Waals surface area contributed by atoms with E-state index in [9.17, 15) is 9.59 Å². The van der Waals surface area contributed by atoms with E-state index in [1.807, 2.05) is 0 Å². The van der Waals surface area contributed by atoms with Crippen molar-refractivity contribution in [2.75, 3.05) is 27.2 Å². The molecule has 100 valence electrons. The number of rotatable bonds is 9. The average Bonchev–Trinajstić information content (AvgIpc) is 2.34. The number of nitrogens with two attached hydrogens (primary N) is 1. The minimum absolute atomic E-state index is 0.0346. The molecule has 0 aliphatic carbocycles. The van der Waals surface area contributed by atoms with Crippen LogP contribution in [0, 0.1) is 0 Å². The molecule has 0 aromatic carbocycles. The van der Waals surface area contributed by atoms with Gasteiger partial charge < -0.3 is 16.0 Å². The van der Waals surface area contributed by atoms with Gasteiger partial charge in [-0.15, -0.1) is 0 Å². The molecule has 17 heavy (non-hydrogen) atoms. The third-order valence-electron chi connectivity index (χ3n) is 2.72. The van der Waals surface area contributed by atoms with E-state index >= 15 is 0 Å². The highest BCUT2D eigenvalue weighted by Gasteiger charge is 2.09. The Balaban J connectivity index is 3.57. The Hall–Kier alpha value is -1.10. The largest absolute Gasteiger partial charge is 0.359 e. The van der Waals surface area contributed by atoms with E-state index in [4.69, 9.17) is 5.73 Å². The van der Waals surface area contributed by atoms with Crippen molar-refractivity contribution in [3.05, 3.63) is 0 Å². The summed E-state index contributed by atoms with van der Waals surface area (Å²) in [4.78, 5) is 24.3. The minimum Gasteiger partial charge on any atom is -0.359 e. The van der Waals surface area contributed by atoms with E-state index in [-0.39, 0.29) is 11.8 Å². The van der Waals surface area contributed by atoms with Crippen LogP contribution in [-0.4, -0.2) is 43.9 Å². The van der Waals surface area contributed by atoms with Crippen LogP contribution >= 0.6 is 0 Å². The smallest absolute Gasteiger partial charge is 0.222 e. The highest BCUT2D eigenvalue weighted by Crippen LogP contribution is 2.04. The quantitative estimate of drug-likeness (QED) is 0.579. The standard InChI is InChI=1S/C12H25N3O2/c1-14-11(16)8-10-15(2)12(17)7-5-3-4-6-9-13/h3-10,13H2,1-2H3,(H,14,16). The topological polar surface area (TPSA) is 75.4 Å². The molecule has 0 atom stereocenters. The predicted octanol–water partition coefficient (Wildman–Crippen LogP) is 0.490. The van der Waals surface area contributed by atoms with Gasteiger partial charge in [-0.25, -0.2) is 0 Å². The second-order valence-corrected chi connectivity index (χ2v) is 4.19. The Morgan fingerprint density at radius 2 is 1.76 bits per heavy atom. The molecule has 0 heterocycles. The number of hydrogen-bond acceptors (Lipinski definition) is 3. The zero-order valence-electron chi connectivity index (χ0n) is 11.0. The molecular formula is C12H25N3O2. The van der Waals surface area contributed by atoms with Crippen molar-refractivity contribution in [3.8, 4) is 0 Å². The summed E-state index contributed by atoms with van der Waals surface area (Å²) >= 11 is 0. The molecular weight excluding hydrogens is 218 g/mol. The summed E-state index contributed by atoms with van der Waals surface area (Å²) in [7, 11) is 3.34. The van der Waals surface area contributed by atoms with Crippen LogP contribution in [0.15, 0.2) is 0 Å². The molecule has 0 radical (unpaired) electrons. The van der Waals surface area contributed by atoms with Crippen LogP contribution in [0.1, 0.15) is 38.5 Å². The summed E-state index contributed by atoms with van der Waals surface area (Å²) in [5.74, 6) is 0.0780. The second kappa shape index (κ2) is 10.1. The van der Waals surface area contributed by atoms with Gasteiger partial charge in [-0.2, -0.15) is 0 Å². The van der Waals surface area contributed by atoms with Crippen LogP contribution < -0.4 is 11.1 Å². The molecule has 0 fully saturated rings. The van der Waals surface area contributed by atoms with E-state index in [0.717, 1.165) is 32.2 Å². The Morgan fingerprint density at radius 3 is 2.35 bits per heavy atom. The van der Waals surface area contributed by atoms with Crippen LogP contribution in [0.4, 0.5) is 0 Å². The fourth-order valence-electron chi connectivity index (χ4n) is 1.48. The van der Waals surface area contributed by atoms with Crippen LogP contribution in [-0.2, 0) is 9.59 Å². The maximum absolute atomic E-state index is 11.6. The van der Waals surface area contributed by atoms with Gasteiger partial charge in [-0.05, 0) is 19.4 Å². The number of carbonyl (C=O) groups excluding carboxylic acids is 2. The van der Waals surface area contributed by atoms with E-state index < -0.39 is 0 Å². The normalized spacial score (nSPS) is 10.1. The van der Waals surface area contributed by atoms with Crippen LogP contribution in [0.25, 0.3) is 0 Å². The van der Waals surface area contributed by atoms with Gasteiger partial charge >= 0.3 is 0 Å². The van der Waals surface area contributed by atoms with Crippen molar-refractivity contribution in [1.29, 1.82) is 0 Å². The van der Waals surface area contributed by atoms with Gasteiger partial charge in [-0.1, -0.05) is 12.8 Å². The summed E-state index contributed by atoms with van der Waals surface area (Å²) in [6.07, 6.45) is 5.00. The number of nitrogens with one attached hydrogen (secondary N) is 1. The van der Waals surface area contributed by atoms with Gasteiger partial charge in [0.15, 0.2) is 0 Å². The molecule has 0 saturated heterocycles. The lowest BCUT2D eigenvalue weighted by molar-refractivity contribution is -0.130. The number of hydrogen-bond donors (Lipinski definition) is 2. The van der Waals surface area contributed by atoms with E-state index in [0.29, 0.717) is 19.4 Å². The molecule has 0 saturated carbocycles. The molecule has 0 spiro atoms. The summed E-state index contributed by atoms with van der Waals surface area (Å²) < 4.78 is 0. The first-order chi connectivity index (χ1) is 8.11. The molecule has 2 amide bonds. The number of nitrogens with zero attached hydrogens (tertiary/aromatic N) is 1. The highest BCUT2D eigenvalue weighted by molar-refractivity contribution is 5.78. The molecule has 0 bridgehead atoms. The van der Waals surface area contributed by atoms with Crippen molar-refractivity contribution >= 4 is 11.8 Å². The first-order valence-corrected chi connectivity index (χ1v) is 6.26. The minimum atomic E-state index is -0.0346. The van der Waals surface area contributed by atoms with Gasteiger partial charge in [-0.3, -0.25) is 9.59 Å². The van der Waals surface area contributed by atoms with Crippen molar-refractivity contribution in [1.82, 2.24) is 10.2 Å². The van der Waals surface area contributed by atoms with Gasteiger partial charge in [0.25, 0.3) is 0 Å². The molecule has 0 aliphatic rings. The summed E-state index contributed by atoms with van der Waals surface area (Å²) in [6.45, 7) is 1.21. The molecule has 3 N–H and O–H groups in total. The summed E-state index contributed by atoms with van der Waals surface area (Å²) in [5.41, 5.74) is 5.39. The van der Waals surface area contributed by atoms with Gasteiger partial charge in [0, 0.05) is 33.5 Å². The van der Waals surface area contributed by atoms with Gasteiger partial charge in [0.2, 0.25) is 11.8 Å². The number of amides is 2. The monoisotopic (exact) mass is 243 g/mol. The Morgan fingerprint density at radius 1 is 1.12 bits per heavy atom. The molecule has 5 nitrogen and oxygen atoms in total. The predicted molar refractivity (Wildman–Crippen MR) is 68.5 cm³/mol. The average molecular weight is 243 g/mol. The first-order valence-electron chi connectivity index (χ1n) is 6.26. The lowest BCUT2D eigenvalue weighted by Gasteiger charge is -2.16. The fourth-order valence-corrected chi connectivity index (χ4v) is 1.48. The molecule has 0 rings (SSSR count). The lowest BCUT2D eigenvalue weighted by Crippen LogP contribution is -2.31. The molecule has 0 aliphatic heterocycles. The van der Waals surface area contributed by atoms with Gasteiger partial charge in [0.05, 0.1) is 0 Å². The lowest BCUT2D eigenvalue weighted by atomic mass is 10.1. The number of unbranched alkanes of at least 4 members (excludes halogenated alkanes) is 3.